The van der Waals surface area contributed by atoms with Crippen LogP contribution in [-0.4, -0.2) is 146 Å². The molecule has 0 bridgehead atoms. The van der Waals surface area contributed by atoms with Gasteiger partial charge in [-0.2, -0.15) is 11.8 Å². The fourth-order valence-corrected chi connectivity index (χ4v) is 5.88. The number of carbonyl (C=O) groups is 5. The Bertz CT molecular complexity index is 1140. The number of hydrogen-bond donors (Lipinski definition) is 4. The molecule has 18 heteroatoms. The second kappa shape index (κ2) is 42.8. The van der Waals surface area contributed by atoms with Gasteiger partial charge in [0.05, 0.1) is 60.0 Å². The number of benzene rings is 1. The van der Waals surface area contributed by atoms with E-state index in [-0.39, 0.29) is 87.6 Å². The quantitative estimate of drug-likeness (QED) is 0.0438. The number of rotatable bonds is 24. The average molecular weight is 839 g/mol. The third kappa shape index (κ3) is 32.2. The van der Waals surface area contributed by atoms with Gasteiger partial charge in [0, 0.05) is 50.9 Å². The summed E-state index contributed by atoms with van der Waals surface area (Å²) >= 11 is 1.82. The molecule has 1 aromatic rings. The standard InChI is InChI=1S/C13H28N2O5.C13H13NO3.C9H17N2OS.C2H6.CH3NO.K/c1-14-4-6-18-8-10-20-12-11-19-9-7-17-5-3-13(16)15-2;1-17-11-4-2-10(3-5-11)8-9-14-12(15)6-7-13(14)16;10-7-6-13-8(9(7)11)4-2-1-3-5-12;1-2;2-1-3;/h14H,3-12H2,1-2H3,(H,15,16);2-7H,8-9H2,1H3;5,7-9,11H,1-4,6,10H2;1-2H3;1H,(H2,2,3);/q;;-1;;;+1. The van der Waals surface area contributed by atoms with E-state index in [0.29, 0.717) is 83.9 Å². The molecule has 56 heavy (non-hydrogen) atoms. The van der Waals surface area contributed by atoms with Crippen molar-refractivity contribution in [3.05, 3.63) is 47.7 Å². The first kappa shape index (κ1) is 58.5. The smallest absolute Gasteiger partial charge is 0.672 e. The van der Waals surface area contributed by atoms with Crippen molar-refractivity contribution >= 4 is 42.2 Å². The summed E-state index contributed by atoms with van der Waals surface area (Å²) in [5.41, 5.74) is 18.7. The Kier molecular flexibility index (Phi) is 44.7. The maximum atomic E-state index is 11.3. The molecule has 0 aromatic heterocycles. The number of nitrogens with zero attached hydrogens (tertiary/aromatic N) is 1. The zero-order chi connectivity index (χ0) is 41.5. The first-order chi connectivity index (χ1) is 26.7. The van der Waals surface area contributed by atoms with Crippen LogP contribution < -0.4 is 78.2 Å². The number of primary amides is 1. The summed E-state index contributed by atoms with van der Waals surface area (Å²) in [6.45, 7) is 9.65. The predicted octanol–water partition coefficient (Wildman–Crippen LogP) is -0.688. The molecule has 1 saturated heterocycles. The molecular weight excluding hydrogens is 772 g/mol. The number of amides is 4. The molecule has 0 spiro atoms. The maximum Gasteiger partial charge on any atom is 1.00 e. The van der Waals surface area contributed by atoms with Crippen LogP contribution in [0.3, 0.4) is 0 Å². The predicted molar refractivity (Wildman–Crippen MR) is 217 cm³/mol. The molecule has 0 aliphatic carbocycles. The van der Waals surface area contributed by atoms with Crippen LogP contribution in [0.2, 0.25) is 0 Å². The Morgan fingerprint density at radius 3 is 1.88 bits per heavy atom. The number of unbranched alkanes of at least 4 members (excludes halogenated alkanes) is 2. The fraction of sp³-hybridized carbons (Fsp3) is 0.658. The second-order valence-corrected chi connectivity index (χ2v) is 12.7. The van der Waals surface area contributed by atoms with Crippen molar-refractivity contribution in [1.82, 2.24) is 15.5 Å². The average Bonchev–Trinajstić information content (AvgIpc) is 3.71. The van der Waals surface area contributed by atoms with Gasteiger partial charge in [-0.05, 0) is 55.3 Å². The summed E-state index contributed by atoms with van der Waals surface area (Å²) in [6, 6.07) is 7.54. The first-order valence-corrected chi connectivity index (χ1v) is 19.7. The molecule has 0 radical (unpaired) electrons. The van der Waals surface area contributed by atoms with Crippen LogP contribution >= 0.6 is 11.8 Å². The topological polar surface area (TPSA) is 235 Å². The van der Waals surface area contributed by atoms with Crippen molar-refractivity contribution in [3.8, 4) is 5.75 Å². The van der Waals surface area contributed by atoms with Gasteiger partial charge in [0.15, 0.2) is 0 Å². The minimum atomic E-state index is -0.233. The zero-order valence-electron chi connectivity index (χ0n) is 34.5. The van der Waals surface area contributed by atoms with Crippen molar-refractivity contribution in [2.45, 2.75) is 69.7 Å². The molecule has 1 aromatic carbocycles. The molecule has 1 fully saturated rings. The van der Waals surface area contributed by atoms with E-state index < -0.39 is 0 Å². The summed E-state index contributed by atoms with van der Waals surface area (Å²) < 4.78 is 26.2. The summed E-state index contributed by atoms with van der Waals surface area (Å²) in [7, 11) is 5.11. The third-order valence-electron chi connectivity index (χ3n) is 7.47. The zero-order valence-corrected chi connectivity index (χ0v) is 38.4. The third-order valence-corrected chi connectivity index (χ3v) is 9.01. The van der Waals surface area contributed by atoms with Gasteiger partial charge in [0.1, 0.15) is 12.0 Å². The molecule has 3 rings (SSSR count). The van der Waals surface area contributed by atoms with Crippen molar-refractivity contribution in [1.29, 1.82) is 0 Å². The van der Waals surface area contributed by atoms with Gasteiger partial charge in [0.2, 0.25) is 12.3 Å². The first-order valence-electron chi connectivity index (χ1n) is 18.7. The number of methoxy groups -OCH3 is 1. The van der Waals surface area contributed by atoms with Crippen molar-refractivity contribution in [2.24, 2.45) is 11.5 Å². The monoisotopic (exact) mass is 838 g/mol. The van der Waals surface area contributed by atoms with Crippen molar-refractivity contribution < 1.29 is 99.0 Å². The Morgan fingerprint density at radius 1 is 0.911 bits per heavy atom. The molecule has 7 N–H and O–H groups in total. The van der Waals surface area contributed by atoms with Crippen molar-refractivity contribution in [2.75, 3.05) is 92.9 Å². The van der Waals surface area contributed by atoms with Crippen LogP contribution in [0.1, 0.15) is 51.5 Å². The number of nitrogens with two attached hydrogens (primary N) is 2. The van der Waals surface area contributed by atoms with E-state index in [4.69, 9.17) is 39.9 Å². The van der Waals surface area contributed by atoms with E-state index in [0.717, 1.165) is 49.2 Å². The number of aldehydes is 1. The fourth-order valence-electron chi connectivity index (χ4n) is 4.46. The van der Waals surface area contributed by atoms with E-state index >= 15 is 0 Å². The molecule has 3 atom stereocenters. The van der Waals surface area contributed by atoms with Gasteiger partial charge in [0.25, 0.3) is 11.8 Å². The Hall–Kier alpha value is -1.78. The van der Waals surface area contributed by atoms with Gasteiger partial charge >= 0.3 is 51.4 Å². The number of carbonyl (C=O) groups excluding carboxylic acids is 5. The molecule has 16 nitrogen and oxygen atoms in total. The Labute approximate surface area is 381 Å². The summed E-state index contributed by atoms with van der Waals surface area (Å²) in [4.78, 5) is 53.4. The van der Waals surface area contributed by atoms with Gasteiger partial charge in [-0.1, -0.05) is 32.4 Å². The van der Waals surface area contributed by atoms with Gasteiger partial charge in [-0.25, -0.2) is 0 Å². The van der Waals surface area contributed by atoms with E-state index in [9.17, 15) is 19.2 Å². The van der Waals surface area contributed by atoms with Gasteiger partial charge in [-0.15, -0.1) is 6.04 Å². The molecule has 2 aliphatic heterocycles. The van der Waals surface area contributed by atoms with Crippen molar-refractivity contribution in [3.63, 3.8) is 0 Å². The Morgan fingerprint density at radius 2 is 1.43 bits per heavy atom. The number of ether oxygens (including phenoxy) is 5. The van der Waals surface area contributed by atoms with Crippen LogP contribution in [-0.2, 0) is 49.3 Å². The maximum absolute atomic E-state index is 11.3. The van der Waals surface area contributed by atoms with Crippen LogP contribution in [0.25, 0.3) is 5.73 Å². The van der Waals surface area contributed by atoms with E-state index in [1.54, 1.807) is 14.2 Å². The minimum Gasteiger partial charge on any atom is -0.672 e. The number of imide groups is 1. The van der Waals surface area contributed by atoms with E-state index in [1.165, 1.54) is 17.1 Å². The molecule has 2 aliphatic rings. The SMILES string of the molecule is CC.CNCCOCCOCCOCCOCCC(=O)NC.COc1ccc(CCN2C(=O)C=CC2=O)cc1.NC=O.[K+].[NH-]C1C(N)CSC1CCCCC=O. The minimum absolute atomic E-state index is 0. The molecule has 316 valence electrons. The molecule has 2 heterocycles. The Balaban J connectivity index is -0.000000714. The molecule has 3 unspecified atom stereocenters. The largest absolute Gasteiger partial charge is 1.00 e. The van der Waals surface area contributed by atoms with E-state index in [2.05, 4.69) is 16.4 Å². The van der Waals surface area contributed by atoms with Crippen LogP contribution in [0, 0.1) is 0 Å². The van der Waals surface area contributed by atoms with Crippen LogP contribution in [0.15, 0.2) is 36.4 Å². The second-order valence-electron chi connectivity index (χ2n) is 11.4. The number of hydrogen-bond acceptors (Lipinski definition) is 13. The summed E-state index contributed by atoms with van der Waals surface area (Å²) in [6.07, 6.45) is 8.57. The number of thioether (sulfide) groups is 1. The summed E-state index contributed by atoms with van der Waals surface area (Å²) in [5.74, 6) is 1.24. The van der Waals surface area contributed by atoms with Gasteiger partial charge in [-0.3, -0.25) is 24.1 Å². The van der Waals surface area contributed by atoms with Gasteiger partial charge < -0.3 is 56.3 Å². The number of likely N-dealkylation sites (N-methyl/N-ethyl adjacent to an activating group) is 1. The molecule has 0 saturated carbocycles. The summed E-state index contributed by atoms with van der Waals surface area (Å²) in [5, 5.41) is 5.93. The normalized spacial score (nSPS) is 16.3. The molecule has 4 amide bonds. The van der Waals surface area contributed by atoms with Crippen LogP contribution in [0.4, 0.5) is 0 Å². The molecular formula is C38H67KN6O10S. The number of nitrogens with one attached hydrogen (secondary N) is 3. The van der Waals surface area contributed by atoms with Crippen LogP contribution in [0.5, 0.6) is 5.75 Å². The van der Waals surface area contributed by atoms with E-state index in [1.807, 2.05) is 56.9 Å².